The Morgan fingerprint density at radius 2 is 2.24 bits per heavy atom. The number of benzene rings is 1. The van der Waals surface area contributed by atoms with Crippen molar-refractivity contribution in [2.75, 3.05) is 31.1 Å². The number of nitrogens with one attached hydrogen (secondary N) is 1. The summed E-state index contributed by atoms with van der Waals surface area (Å²) in [6.07, 6.45) is 3.42. The van der Waals surface area contributed by atoms with Crippen LogP contribution < -0.4 is 15.0 Å². The molecule has 2 aromatic heterocycles. The summed E-state index contributed by atoms with van der Waals surface area (Å²) >= 11 is 1.40. The van der Waals surface area contributed by atoms with Crippen LogP contribution in [0.1, 0.15) is 0 Å². The quantitative estimate of drug-likeness (QED) is 0.753. The lowest BCUT2D eigenvalue weighted by Crippen LogP contribution is -2.54. The fourth-order valence-electron chi connectivity index (χ4n) is 2.81. The third kappa shape index (κ3) is 3.84. The molecule has 132 valence electrons. The third-order valence-corrected chi connectivity index (χ3v) is 5.14. The highest BCUT2D eigenvalue weighted by molar-refractivity contribution is 7.22. The van der Waals surface area contributed by atoms with Gasteiger partial charge in [0.1, 0.15) is 18.2 Å². The normalized spacial score (nSPS) is 17.3. The monoisotopic (exact) mass is 380 g/mol. The van der Waals surface area contributed by atoms with Crippen LogP contribution in [0.15, 0.2) is 42.7 Å². The molecule has 1 aromatic carbocycles. The lowest BCUT2D eigenvalue weighted by Gasteiger charge is -2.35. The summed E-state index contributed by atoms with van der Waals surface area (Å²) in [6, 6.07) is 8.90. The number of anilines is 1. The van der Waals surface area contributed by atoms with Gasteiger partial charge in [0.15, 0.2) is 5.13 Å². The molecule has 5 nitrogen and oxygen atoms in total. The number of thiazole rings is 1. The first kappa shape index (κ1) is 17.8. The highest BCUT2D eigenvalue weighted by Gasteiger charge is 2.26. The topological polar surface area (TPSA) is 50.3 Å². The molecular formula is C17H18ClFN4OS. The van der Waals surface area contributed by atoms with Gasteiger partial charge in [0.05, 0.1) is 22.5 Å². The number of piperazine rings is 1. The first-order chi connectivity index (χ1) is 11.8. The van der Waals surface area contributed by atoms with Crippen LogP contribution in [0.5, 0.6) is 5.75 Å². The van der Waals surface area contributed by atoms with E-state index in [9.17, 15) is 4.39 Å². The van der Waals surface area contributed by atoms with Gasteiger partial charge >= 0.3 is 0 Å². The molecule has 3 aromatic rings. The zero-order valence-corrected chi connectivity index (χ0v) is 15.0. The van der Waals surface area contributed by atoms with E-state index >= 15 is 0 Å². The zero-order chi connectivity index (χ0) is 16.4. The third-order valence-electron chi connectivity index (χ3n) is 4.03. The maximum atomic E-state index is 13.9. The molecule has 1 N–H and O–H groups in total. The Bertz CT molecular complexity index is 832. The Labute approximate surface area is 155 Å². The van der Waals surface area contributed by atoms with Crippen molar-refractivity contribution in [2.45, 2.75) is 6.04 Å². The summed E-state index contributed by atoms with van der Waals surface area (Å²) < 4.78 is 20.4. The molecule has 0 amide bonds. The molecule has 4 rings (SSSR count). The molecule has 1 atom stereocenters. The van der Waals surface area contributed by atoms with E-state index < -0.39 is 0 Å². The molecule has 1 unspecified atom stereocenters. The Kier molecular flexibility index (Phi) is 5.67. The summed E-state index contributed by atoms with van der Waals surface area (Å²) in [7, 11) is 0. The Morgan fingerprint density at radius 3 is 3.04 bits per heavy atom. The van der Waals surface area contributed by atoms with Gasteiger partial charge in [-0.15, -0.1) is 12.4 Å². The van der Waals surface area contributed by atoms with Crippen molar-refractivity contribution in [1.82, 2.24) is 15.3 Å². The predicted molar refractivity (Wildman–Crippen MR) is 101 cm³/mol. The number of nitrogens with zero attached hydrogens (tertiary/aromatic N) is 3. The molecule has 8 heteroatoms. The highest BCUT2D eigenvalue weighted by Crippen LogP contribution is 2.32. The molecule has 0 bridgehead atoms. The smallest absolute Gasteiger partial charge is 0.186 e. The van der Waals surface area contributed by atoms with E-state index in [1.165, 1.54) is 17.4 Å². The molecule has 0 radical (unpaired) electrons. The molecular weight excluding hydrogens is 363 g/mol. The van der Waals surface area contributed by atoms with Crippen LogP contribution in [0.3, 0.4) is 0 Å². The summed E-state index contributed by atoms with van der Waals surface area (Å²) in [4.78, 5) is 10.9. The van der Waals surface area contributed by atoms with Crippen molar-refractivity contribution in [2.24, 2.45) is 0 Å². The minimum Gasteiger partial charge on any atom is -0.490 e. The molecule has 0 spiro atoms. The van der Waals surface area contributed by atoms with E-state index in [-0.39, 0.29) is 24.3 Å². The van der Waals surface area contributed by atoms with Crippen LogP contribution in [-0.2, 0) is 0 Å². The summed E-state index contributed by atoms with van der Waals surface area (Å²) in [5, 5.41) is 4.23. The fraction of sp³-hybridized carbons (Fsp3) is 0.294. The van der Waals surface area contributed by atoms with Gasteiger partial charge in [0, 0.05) is 25.8 Å². The van der Waals surface area contributed by atoms with Crippen LogP contribution in [0, 0.1) is 5.82 Å². The van der Waals surface area contributed by atoms with Crippen LogP contribution in [0.25, 0.3) is 10.2 Å². The van der Waals surface area contributed by atoms with Crippen molar-refractivity contribution < 1.29 is 9.13 Å². The molecule has 25 heavy (non-hydrogen) atoms. The average molecular weight is 381 g/mol. The molecule has 0 aliphatic carbocycles. The molecule has 1 fully saturated rings. The van der Waals surface area contributed by atoms with E-state index in [0.29, 0.717) is 16.8 Å². The molecule has 1 aliphatic heterocycles. The van der Waals surface area contributed by atoms with Crippen LogP contribution in [-0.4, -0.2) is 42.3 Å². The largest absolute Gasteiger partial charge is 0.490 e. The number of hydrogen-bond donors (Lipinski definition) is 1. The second-order valence-corrected chi connectivity index (χ2v) is 6.61. The van der Waals surface area contributed by atoms with Crippen molar-refractivity contribution in [3.8, 4) is 5.75 Å². The van der Waals surface area contributed by atoms with E-state index in [4.69, 9.17) is 4.74 Å². The van der Waals surface area contributed by atoms with Crippen molar-refractivity contribution >= 4 is 39.1 Å². The van der Waals surface area contributed by atoms with Gasteiger partial charge in [-0.1, -0.05) is 17.4 Å². The Balaban J connectivity index is 0.00000182. The van der Waals surface area contributed by atoms with E-state index in [1.807, 2.05) is 18.2 Å². The van der Waals surface area contributed by atoms with Crippen molar-refractivity contribution in [3.05, 3.63) is 48.5 Å². The summed E-state index contributed by atoms with van der Waals surface area (Å²) in [5.41, 5.74) is 0.709. The zero-order valence-electron chi connectivity index (χ0n) is 13.4. The molecule has 3 heterocycles. The lowest BCUT2D eigenvalue weighted by atomic mass is 10.2. The van der Waals surface area contributed by atoms with Gasteiger partial charge in [-0.2, -0.15) is 0 Å². The summed E-state index contributed by atoms with van der Waals surface area (Å²) in [6.45, 7) is 3.03. The minimum absolute atomic E-state index is 0. The number of fused-ring (bicyclic) bond motifs is 1. The van der Waals surface area contributed by atoms with Gasteiger partial charge in [-0.25, -0.2) is 9.37 Å². The van der Waals surface area contributed by atoms with Gasteiger partial charge in [0.25, 0.3) is 0 Å². The summed E-state index contributed by atoms with van der Waals surface area (Å²) in [5.74, 6) is 0.535. The van der Waals surface area contributed by atoms with Crippen LogP contribution in [0.4, 0.5) is 9.52 Å². The van der Waals surface area contributed by atoms with Crippen LogP contribution >= 0.6 is 23.7 Å². The Morgan fingerprint density at radius 1 is 1.32 bits per heavy atom. The van der Waals surface area contributed by atoms with Gasteiger partial charge in [-0.05, 0) is 24.3 Å². The number of ether oxygens (including phenoxy) is 1. The number of halogens is 2. The van der Waals surface area contributed by atoms with E-state index in [2.05, 4.69) is 20.2 Å². The van der Waals surface area contributed by atoms with Gasteiger partial charge in [0.2, 0.25) is 0 Å². The average Bonchev–Trinajstić information content (AvgIpc) is 3.07. The standard InChI is InChI=1S/C17H17FN4OS.ClH/c18-14-4-1-5-15-16(14)24-17(21-15)22-8-7-20-9-12(22)11-23-13-3-2-6-19-10-13;/h1-6,10,12,20H,7-9,11H2;1H. The van der Waals surface area contributed by atoms with Crippen molar-refractivity contribution in [1.29, 1.82) is 0 Å². The number of aromatic nitrogens is 2. The Hall–Kier alpha value is -1.96. The van der Waals surface area contributed by atoms with Crippen molar-refractivity contribution in [3.63, 3.8) is 0 Å². The second-order valence-electron chi connectivity index (χ2n) is 5.64. The molecule has 0 saturated carbocycles. The minimum atomic E-state index is -0.213. The van der Waals surface area contributed by atoms with Gasteiger partial charge < -0.3 is 15.0 Å². The number of rotatable bonds is 4. The molecule has 1 saturated heterocycles. The maximum Gasteiger partial charge on any atom is 0.186 e. The van der Waals surface area contributed by atoms with E-state index in [0.717, 1.165) is 30.5 Å². The van der Waals surface area contributed by atoms with Gasteiger partial charge in [-0.3, -0.25) is 4.98 Å². The maximum absolute atomic E-state index is 13.9. The van der Waals surface area contributed by atoms with E-state index in [1.54, 1.807) is 18.5 Å². The van der Waals surface area contributed by atoms with Crippen LogP contribution in [0.2, 0.25) is 0 Å². The lowest BCUT2D eigenvalue weighted by molar-refractivity contribution is 0.266. The highest BCUT2D eigenvalue weighted by atomic mass is 35.5. The second kappa shape index (κ2) is 7.95. The molecule has 1 aliphatic rings. The first-order valence-corrected chi connectivity index (χ1v) is 8.68. The fourth-order valence-corrected chi connectivity index (χ4v) is 3.88. The number of hydrogen-bond acceptors (Lipinski definition) is 6. The predicted octanol–water partition coefficient (Wildman–Crippen LogP) is 3.11. The first-order valence-electron chi connectivity index (χ1n) is 7.86. The number of pyridine rings is 1. The SMILES string of the molecule is Cl.Fc1cccc2nc(N3CCNCC3COc3cccnc3)sc12.